The van der Waals surface area contributed by atoms with Crippen LogP contribution in [0.25, 0.3) is 0 Å². The Morgan fingerprint density at radius 1 is 1.19 bits per heavy atom. The molecule has 0 amide bonds. The van der Waals surface area contributed by atoms with E-state index in [1.807, 2.05) is 0 Å². The molecule has 0 aliphatic carbocycles. The zero-order valence-corrected chi connectivity index (χ0v) is 9.62. The molecule has 0 saturated heterocycles. The van der Waals surface area contributed by atoms with Gasteiger partial charge in [-0.2, -0.15) is 13.2 Å². The molecule has 0 aromatic heterocycles. The van der Waals surface area contributed by atoms with E-state index in [1.165, 1.54) is 7.11 Å². The Morgan fingerprint density at radius 3 is 2.31 bits per heavy atom. The molecule has 0 N–H and O–H groups in total. The SMILES string of the molecule is COC(=O)CCC(=O)CCCSC(F)(F)F. The summed E-state index contributed by atoms with van der Waals surface area (Å²) in [6.45, 7) is 0. The highest BCUT2D eigenvalue weighted by Crippen LogP contribution is 2.30. The molecule has 94 valence electrons. The minimum absolute atomic E-state index is 0.0122. The number of carbonyl (C=O) groups excluding carboxylic acids is 2. The van der Waals surface area contributed by atoms with Crippen LogP contribution in [0.5, 0.6) is 0 Å². The first-order valence-electron chi connectivity index (χ1n) is 4.64. The van der Waals surface area contributed by atoms with Crippen molar-refractivity contribution in [2.24, 2.45) is 0 Å². The lowest BCUT2D eigenvalue weighted by atomic mass is 10.1. The zero-order chi connectivity index (χ0) is 12.6. The Balaban J connectivity index is 3.48. The number of hydrogen-bond acceptors (Lipinski definition) is 4. The maximum Gasteiger partial charge on any atom is 0.441 e. The van der Waals surface area contributed by atoms with Crippen LogP contribution in [-0.4, -0.2) is 30.1 Å². The Bertz CT molecular complexity index is 241. The molecular weight excluding hydrogens is 245 g/mol. The molecule has 0 radical (unpaired) electrons. The molecular formula is C9H13F3O3S. The standard InChI is InChI=1S/C9H13F3O3S/c1-15-8(14)5-4-7(13)3-2-6-16-9(10,11)12/h2-6H2,1H3. The van der Waals surface area contributed by atoms with Gasteiger partial charge in [-0.15, -0.1) is 0 Å². The molecule has 0 aromatic rings. The number of Topliss-reactive ketones (excluding diaryl/α,β-unsaturated/α-hetero) is 1. The Hall–Kier alpha value is -0.720. The molecule has 0 spiro atoms. The summed E-state index contributed by atoms with van der Waals surface area (Å²) in [5.74, 6) is -0.834. The molecule has 0 fully saturated rings. The van der Waals surface area contributed by atoms with Crippen LogP contribution < -0.4 is 0 Å². The molecule has 16 heavy (non-hydrogen) atoms. The smallest absolute Gasteiger partial charge is 0.441 e. The lowest BCUT2D eigenvalue weighted by Gasteiger charge is -2.04. The van der Waals surface area contributed by atoms with E-state index in [1.54, 1.807) is 0 Å². The summed E-state index contributed by atoms with van der Waals surface area (Å²) >= 11 is -0.139. The summed E-state index contributed by atoms with van der Waals surface area (Å²) in [5, 5.41) is 0. The summed E-state index contributed by atoms with van der Waals surface area (Å²) in [4.78, 5) is 21.7. The van der Waals surface area contributed by atoms with E-state index in [-0.39, 0.29) is 49.0 Å². The molecule has 0 rings (SSSR count). The molecule has 0 atom stereocenters. The van der Waals surface area contributed by atoms with Gasteiger partial charge in [0.15, 0.2) is 0 Å². The van der Waals surface area contributed by atoms with Crippen LogP contribution in [-0.2, 0) is 14.3 Å². The number of esters is 1. The van der Waals surface area contributed by atoms with E-state index in [9.17, 15) is 22.8 Å². The topological polar surface area (TPSA) is 43.4 Å². The molecule has 0 aromatic carbocycles. The molecule has 3 nitrogen and oxygen atoms in total. The fraction of sp³-hybridized carbons (Fsp3) is 0.778. The second-order valence-corrected chi connectivity index (χ2v) is 4.17. The number of rotatable bonds is 7. The third kappa shape index (κ3) is 9.82. The fourth-order valence-electron chi connectivity index (χ4n) is 0.926. The quantitative estimate of drug-likeness (QED) is 0.520. The Morgan fingerprint density at radius 2 is 1.81 bits per heavy atom. The minimum atomic E-state index is -4.24. The first kappa shape index (κ1) is 15.3. The van der Waals surface area contributed by atoms with Gasteiger partial charge in [0.25, 0.3) is 0 Å². The normalized spacial score (nSPS) is 11.2. The predicted molar refractivity (Wildman–Crippen MR) is 54.0 cm³/mol. The van der Waals surface area contributed by atoms with E-state index in [0.29, 0.717) is 0 Å². The highest BCUT2D eigenvalue weighted by molar-refractivity contribution is 8.00. The van der Waals surface area contributed by atoms with Crippen LogP contribution in [0.4, 0.5) is 13.2 Å². The van der Waals surface area contributed by atoms with Crippen molar-refractivity contribution >= 4 is 23.5 Å². The van der Waals surface area contributed by atoms with Gasteiger partial charge in [-0.3, -0.25) is 9.59 Å². The van der Waals surface area contributed by atoms with E-state index < -0.39 is 11.5 Å². The average molecular weight is 258 g/mol. The Kier molecular flexibility index (Phi) is 7.20. The van der Waals surface area contributed by atoms with Gasteiger partial charge in [-0.05, 0) is 6.42 Å². The maximum absolute atomic E-state index is 11.7. The minimum Gasteiger partial charge on any atom is -0.469 e. The second kappa shape index (κ2) is 7.54. The van der Waals surface area contributed by atoms with Crippen LogP contribution in [0.2, 0.25) is 0 Å². The van der Waals surface area contributed by atoms with Crippen LogP contribution in [0.3, 0.4) is 0 Å². The van der Waals surface area contributed by atoms with Crippen LogP contribution in [0, 0.1) is 0 Å². The highest BCUT2D eigenvalue weighted by atomic mass is 32.2. The van der Waals surface area contributed by atoms with E-state index in [2.05, 4.69) is 4.74 Å². The van der Waals surface area contributed by atoms with E-state index in [4.69, 9.17) is 0 Å². The second-order valence-electron chi connectivity index (χ2n) is 3.01. The molecule has 0 bridgehead atoms. The summed E-state index contributed by atoms with van der Waals surface area (Å²) in [6, 6.07) is 0. The molecule has 0 aliphatic heterocycles. The predicted octanol–water partition coefficient (Wildman–Crippen LogP) is 2.54. The highest BCUT2D eigenvalue weighted by Gasteiger charge is 2.27. The molecule has 0 unspecified atom stereocenters. The summed E-state index contributed by atoms with van der Waals surface area (Å²) in [7, 11) is 1.22. The lowest BCUT2D eigenvalue weighted by Crippen LogP contribution is -2.07. The van der Waals surface area contributed by atoms with Crippen molar-refractivity contribution in [3.8, 4) is 0 Å². The van der Waals surface area contributed by atoms with Gasteiger partial charge in [-0.25, -0.2) is 0 Å². The van der Waals surface area contributed by atoms with Gasteiger partial charge < -0.3 is 4.74 Å². The monoisotopic (exact) mass is 258 g/mol. The number of halogens is 3. The van der Waals surface area contributed by atoms with Crippen molar-refractivity contribution in [2.75, 3.05) is 12.9 Å². The van der Waals surface area contributed by atoms with Crippen LogP contribution >= 0.6 is 11.8 Å². The summed E-state index contributed by atoms with van der Waals surface area (Å²) in [6.07, 6.45) is 0.259. The first-order valence-corrected chi connectivity index (χ1v) is 5.63. The number of methoxy groups -OCH3 is 1. The van der Waals surface area contributed by atoms with Gasteiger partial charge in [0, 0.05) is 18.6 Å². The largest absolute Gasteiger partial charge is 0.469 e. The average Bonchev–Trinajstić information content (AvgIpc) is 2.19. The van der Waals surface area contributed by atoms with Crippen molar-refractivity contribution in [2.45, 2.75) is 31.2 Å². The lowest BCUT2D eigenvalue weighted by molar-refractivity contribution is -0.141. The van der Waals surface area contributed by atoms with E-state index >= 15 is 0 Å². The van der Waals surface area contributed by atoms with Gasteiger partial charge in [0.1, 0.15) is 5.78 Å². The molecule has 7 heteroatoms. The molecule has 0 saturated carbocycles. The van der Waals surface area contributed by atoms with Gasteiger partial charge in [0.05, 0.1) is 13.5 Å². The number of ketones is 1. The van der Waals surface area contributed by atoms with Crippen molar-refractivity contribution in [3.63, 3.8) is 0 Å². The third-order valence-electron chi connectivity index (χ3n) is 1.70. The van der Waals surface area contributed by atoms with Gasteiger partial charge in [-0.1, -0.05) is 11.8 Å². The van der Waals surface area contributed by atoms with Gasteiger partial charge >= 0.3 is 11.5 Å². The summed E-state index contributed by atoms with van der Waals surface area (Å²) < 4.78 is 39.4. The number of hydrogen-bond donors (Lipinski definition) is 0. The van der Waals surface area contributed by atoms with Crippen LogP contribution in [0.1, 0.15) is 25.7 Å². The maximum atomic E-state index is 11.7. The van der Waals surface area contributed by atoms with Crippen molar-refractivity contribution < 1.29 is 27.5 Å². The molecule has 0 heterocycles. The number of ether oxygens (including phenoxy) is 1. The number of carbonyl (C=O) groups is 2. The van der Waals surface area contributed by atoms with Crippen LogP contribution in [0.15, 0.2) is 0 Å². The number of alkyl halides is 3. The molecule has 0 aliphatic rings. The van der Waals surface area contributed by atoms with Gasteiger partial charge in [0.2, 0.25) is 0 Å². The summed E-state index contributed by atoms with van der Waals surface area (Å²) in [5.41, 5.74) is -4.24. The van der Waals surface area contributed by atoms with Crippen molar-refractivity contribution in [1.29, 1.82) is 0 Å². The zero-order valence-electron chi connectivity index (χ0n) is 8.80. The van der Waals surface area contributed by atoms with E-state index in [0.717, 1.165) is 0 Å². The third-order valence-corrected chi connectivity index (χ3v) is 2.52. The fourth-order valence-corrected chi connectivity index (χ4v) is 1.45. The van der Waals surface area contributed by atoms with Crippen molar-refractivity contribution in [3.05, 3.63) is 0 Å². The Labute approximate surface area is 95.7 Å². The van der Waals surface area contributed by atoms with Crippen molar-refractivity contribution in [1.82, 2.24) is 0 Å². The first-order chi connectivity index (χ1) is 7.35. The number of thioether (sulfide) groups is 1.